The number of aromatic amines is 1. The van der Waals surface area contributed by atoms with Gasteiger partial charge in [0.2, 0.25) is 0 Å². The number of nitrogens with zero attached hydrogens (tertiary/aromatic N) is 3. The van der Waals surface area contributed by atoms with E-state index < -0.39 is 5.69 Å². The van der Waals surface area contributed by atoms with Crippen LogP contribution in [0.25, 0.3) is 11.2 Å². The number of aromatic nitrogens is 4. The van der Waals surface area contributed by atoms with Gasteiger partial charge in [-0.15, -0.1) is 6.58 Å². The summed E-state index contributed by atoms with van der Waals surface area (Å²) in [6, 6.07) is 0. The second-order valence-corrected chi connectivity index (χ2v) is 9.72. The highest BCUT2D eigenvalue weighted by atomic mass is 32.2. The number of rotatable bonds is 18. The van der Waals surface area contributed by atoms with E-state index in [0.717, 1.165) is 24.5 Å². The van der Waals surface area contributed by atoms with Crippen LogP contribution in [0.15, 0.2) is 27.4 Å². The normalized spacial score (nSPS) is 11.4. The number of hydrogen-bond acceptors (Lipinski definition) is 4. The highest BCUT2D eigenvalue weighted by Gasteiger charge is 2.17. The highest BCUT2D eigenvalue weighted by Crippen LogP contribution is 2.22. The summed E-state index contributed by atoms with van der Waals surface area (Å²) in [6.45, 7) is 6.78. The van der Waals surface area contributed by atoms with E-state index in [2.05, 4.69) is 23.5 Å². The van der Waals surface area contributed by atoms with Crippen LogP contribution in [-0.2, 0) is 13.6 Å². The third kappa shape index (κ3) is 8.30. The van der Waals surface area contributed by atoms with Crippen molar-refractivity contribution in [2.45, 2.75) is 109 Å². The molecule has 0 bridgehead atoms. The van der Waals surface area contributed by atoms with Crippen molar-refractivity contribution in [2.24, 2.45) is 7.05 Å². The minimum absolute atomic E-state index is 0.355. The summed E-state index contributed by atoms with van der Waals surface area (Å²) in [6.07, 6.45) is 20.3. The first-order valence-electron chi connectivity index (χ1n) is 12.5. The van der Waals surface area contributed by atoms with Crippen LogP contribution in [0, 0.1) is 0 Å². The van der Waals surface area contributed by atoms with Crippen molar-refractivity contribution in [1.82, 2.24) is 19.1 Å². The van der Waals surface area contributed by atoms with Gasteiger partial charge in [-0.1, -0.05) is 108 Å². The van der Waals surface area contributed by atoms with Crippen molar-refractivity contribution in [3.63, 3.8) is 0 Å². The zero-order valence-corrected chi connectivity index (χ0v) is 21.0. The van der Waals surface area contributed by atoms with Gasteiger partial charge in [0.25, 0.3) is 5.56 Å². The average molecular weight is 463 g/mol. The Kier molecular flexibility index (Phi) is 12.5. The van der Waals surface area contributed by atoms with Crippen molar-refractivity contribution in [3.05, 3.63) is 33.5 Å². The molecule has 0 aromatic carbocycles. The zero-order valence-electron chi connectivity index (χ0n) is 20.2. The Morgan fingerprint density at radius 1 is 0.906 bits per heavy atom. The maximum atomic E-state index is 12.4. The van der Waals surface area contributed by atoms with Crippen molar-refractivity contribution < 1.29 is 0 Å². The van der Waals surface area contributed by atoms with Gasteiger partial charge in [0.05, 0.1) is 0 Å². The van der Waals surface area contributed by atoms with E-state index in [4.69, 9.17) is 0 Å². The number of hydrogen-bond donors (Lipinski definition) is 1. The summed E-state index contributed by atoms with van der Waals surface area (Å²) in [7, 11) is 1.65. The molecule has 0 unspecified atom stereocenters. The number of fused-ring (bicyclic) bond motifs is 1. The summed E-state index contributed by atoms with van der Waals surface area (Å²) >= 11 is 1.55. The summed E-state index contributed by atoms with van der Waals surface area (Å²) in [5, 5.41) is 0.779. The fraction of sp³-hybridized carbons (Fsp3) is 0.720. The van der Waals surface area contributed by atoms with E-state index in [1.165, 1.54) is 81.6 Å². The maximum Gasteiger partial charge on any atom is 0.329 e. The molecule has 2 heterocycles. The number of nitrogens with one attached hydrogen (secondary N) is 1. The van der Waals surface area contributed by atoms with Gasteiger partial charge < -0.3 is 4.57 Å². The van der Waals surface area contributed by atoms with E-state index in [1.54, 1.807) is 18.8 Å². The quantitative estimate of drug-likeness (QED) is 0.163. The van der Waals surface area contributed by atoms with Gasteiger partial charge in [-0.2, -0.15) is 0 Å². The van der Waals surface area contributed by atoms with E-state index in [-0.39, 0.29) is 5.56 Å². The Hall–Kier alpha value is -1.76. The molecule has 7 heteroatoms. The van der Waals surface area contributed by atoms with E-state index in [1.807, 2.05) is 10.6 Å². The van der Waals surface area contributed by atoms with Gasteiger partial charge in [-0.05, 0) is 6.42 Å². The lowest BCUT2D eigenvalue weighted by Crippen LogP contribution is -2.29. The monoisotopic (exact) mass is 462 g/mol. The lowest BCUT2D eigenvalue weighted by Gasteiger charge is -2.08. The largest absolute Gasteiger partial charge is 0.329 e. The number of imidazole rings is 1. The molecule has 2 aromatic rings. The van der Waals surface area contributed by atoms with Crippen molar-refractivity contribution >= 4 is 22.9 Å². The van der Waals surface area contributed by atoms with Crippen LogP contribution in [0.4, 0.5) is 0 Å². The number of aryl methyl sites for hydroxylation is 2. The van der Waals surface area contributed by atoms with Crippen LogP contribution in [-0.4, -0.2) is 24.9 Å². The molecule has 32 heavy (non-hydrogen) atoms. The molecule has 1 N–H and O–H groups in total. The minimum Gasteiger partial charge on any atom is -0.313 e. The molecule has 0 aliphatic heterocycles. The van der Waals surface area contributed by atoms with Crippen LogP contribution in [0.1, 0.15) is 96.8 Å². The molecular formula is C25H42N4O2S. The van der Waals surface area contributed by atoms with Gasteiger partial charge in [-0.25, -0.2) is 9.78 Å². The summed E-state index contributed by atoms with van der Waals surface area (Å²) in [5.41, 5.74) is 0.166. The fourth-order valence-electron chi connectivity index (χ4n) is 4.13. The van der Waals surface area contributed by atoms with Gasteiger partial charge in [0, 0.05) is 19.3 Å². The number of thioether (sulfide) groups is 1. The minimum atomic E-state index is -0.427. The number of unbranched alkanes of at least 4 members (excludes halogenated alkanes) is 13. The molecule has 180 valence electrons. The predicted molar refractivity (Wildman–Crippen MR) is 137 cm³/mol. The van der Waals surface area contributed by atoms with Crippen LogP contribution < -0.4 is 11.2 Å². The van der Waals surface area contributed by atoms with Crippen molar-refractivity contribution in [1.29, 1.82) is 0 Å². The summed E-state index contributed by atoms with van der Waals surface area (Å²) < 4.78 is 3.39. The molecule has 6 nitrogen and oxygen atoms in total. The lowest BCUT2D eigenvalue weighted by atomic mass is 10.0. The third-order valence-corrected chi connectivity index (χ3v) is 7.01. The molecule has 0 amide bonds. The maximum absolute atomic E-state index is 12.4. The van der Waals surface area contributed by atoms with Gasteiger partial charge in [0.15, 0.2) is 16.3 Å². The first-order valence-corrected chi connectivity index (χ1v) is 13.5. The van der Waals surface area contributed by atoms with Crippen molar-refractivity contribution in [3.8, 4) is 0 Å². The zero-order chi connectivity index (χ0) is 23.2. The average Bonchev–Trinajstić information content (AvgIpc) is 3.15. The molecule has 0 atom stereocenters. The first-order chi connectivity index (χ1) is 15.6. The van der Waals surface area contributed by atoms with E-state index in [0.29, 0.717) is 16.9 Å². The SMILES string of the molecule is C=CCSc1nc2c(c(=O)[nH]c(=O)n2C)n1CCCCCCCCCCCCCCCC. The molecule has 0 saturated carbocycles. The first kappa shape index (κ1) is 26.5. The van der Waals surface area contributed by atoms with Crippen LogP contribution >= 0.6 is 11.8 Å². The molecule has 2 aromatic heterocycles. The Morgan fingerprint density at radius 3 is 1.97 bits per heavy atom. The number of H-pyrrole nitrogens is 1. The predicted octanol–water partition coefficient (Wildman–Crippen LogP) is 6.18. The van der Waals surface area contributed by atoms with Gasteiger partial charge in [0.1, 0.15) is 0 Å². The summed E-state index contributed by atoms with van der Waals surface area (Å²) in [4.78, 5) is 31.4. The second kappa shape index (κ2) is 15.1. The fourth-order valence-corrected chi connectivity index (χ4v) is 4.89. The third-order valence-electron chi connectivity index (χ3n) is 6.04. The molecule has 0 spiro atoms. The Bertz CT molecular complexity index is 928. The Balaban J connectivity index is 1.71. The van der Waals surface area contributed by atoms with Crippen molar-refractivity contribution in [2.75, 3.05) is 5.75 Å². The van der Waals surface area contributed by atoms with Crippen LogP contribution in [0.3, 0.4) is 0 Å². The van der Waals surface area contributed by atoms with Gasteiger partial charge >= 0.3 is 5.69 Å². The Labute approximate surface area is 196 Å². The molecular weight excluding hydrogens is 420 g/mol. The molecule has 2 rings (SSSR count). The highest BCUT2D eigenvalue weighted by molar-refractivity contribution is 7.99. The Morgan fingerprint density at radius 2 is 1.44 bits per heavy atom. The summed E-state index contributed by atoms with van der Waals surface area (Å²) in [5.74, 6) is 0.716. The molecule has 0 radical (unpaired) electrons. The van der Waals surface area contributed by atoms with E-state index in [9.17, 15) is 9.59 Å². The van der Waals surface area contributed by atoms with Gasteiger partial charge in [-0.3, -0.25) is 14.3 Å². The smallest absolute Gasteiger partial charge is 0.313 e. The van der Waals surface area contributed by atoms with Crippen LogP contribution in [0.2, 0.25) is 0 Å². The molecule has 0 saturated heterocycles. The topological polar surface area (TPSA) is 72.7 Å². The second-order valence-electron chi connectivity index (χ2n) is 8.73. The lowest BCUT2D eigenvalue weighted by molar-refractivity contribution is 0.519. The van der Waals surface area contributed by atoms with E-state index >= 15 is 0 Å². The molecule has 0 aliphatic rings. The standard InChI is InChI=1S/C25H42N4O2S/c1-4-6-7-8-9-10-11-12-13-14-15-16-17-18-19-29-21-22(26-25(29)32-20-5-2)28(3)24(31)27-23(21)30/h5H,2,4,6-20H2,1,3H3,(H,27,30,31). The molecule has 0 aliphatic carbocycles. The van der Waals surface area contributed by atoms with Crippen LogP contribution in [0.5, 0.6) is 0 Å². The molecule has 0 fully saturated rings.